The van der Waals surface area contributed by atoms with Crippen LogP contribution in [-0.4, -0.2) is 18.5 Å². The largest absolute Gasteiger partial charge is 0.755 e. The van der Waals surface area contributed by atoms with Crippen LogP contribution in [0.25, 0.3) is 0 Å². The Bertz CT molecular complexity index is 407. The Hall–Kier alpha value is -1.02. The fraction of sp³-hybridized carbons (Fsp3) is 0.571. The Morgan fingerprint density at radius 3 is 3.07 bits per heavy atom. The minimum absolute atomic E-state index is 0.145. The molecule has 1 unspecified atom stereocenters. The minimum Gasteiger partial charge on any atom is -0.755 e. The zero-order valence-electron chi connectivity index (χ0n) is 7.57. The zero-order chi connectivity index (χ0) is 11.1. The highest BCUT2D eigenvalue weighted by molar-refractivity contribution is 7.80. The van der Waals surface area contributed by atoms with Crippen molar-refractivity contribution in [1.29, 1.82) is 0 Å². The average Bonchev–Trinajstić information content (AvgIpc) is 2.48. The molecule has 84 valence electrons. The van der Waals surface area contributed by atoms with Gasteiger partial charge in [-0.2, -0.15) is 13.9 Å². The first-order valence-electron chi connectivity index (χ1n) is 4.31. The SMILES string of the molecule is O=S([O-])Nc1cnn2c1C(F)(F)CCC2. The molecule has 0 spiro atoms. The molecule has 0 saturated heterocycles. The monoisotopic (exact) mass is 236 g/mol. The molecule has 1 atom stereocenters. The predicted octanol–water partition coefficient (Wildman–Crippen LogP) is 0.975. The number of hydrogen-bond donors (Lipinski definition) is 1. The smallest absolute Gasteiger partial charge is 0.291 e. The van der Waals surface area contributed by atoms with Crippen molar-refractivity contribution < 1.29 is 17.5 Å². The van der Waals surface area contributed by atoms with E-state index in [4.69, 9.17) is 0 Å². The summed E-state index contributed by atoms with van der Waals surface area (Å²) in [5.41, 5.74) is -0.494. The van der Waals surface area contributed by atoms with E-state index in [1.165, 1.54) is 0 Å². The Morgan fingerprint density at radius 2 is 2.40 bits per heavy atom. The van der Waals surface area contributed by atoms with Crippen molar-refractivity contribution in [2.75, 3.05) is 4.72 Å². The van der Waals surface area contributed by atoms with E-state index in [0.29, 0.717) is 13.0 Å². The van der Waals surface area contributed by atoms with Gasteiger partial charge >= 0.3 is 0 Å². The maximum atomic E-state index is 13.4. The van der Waals surface area contributed by atoms with Crippen LogP contribution in [0.15, 0.2) is 6.20 Å². The lowest BCUT2D eigenvalue weighted by atomic mass is 10.1. The van der Waals surface area contributed by atoms with Gasteiger partial charge in [-0.15, -0.1) is 0 Å². The van der Waals surface area contributed by atoms with Crippen molar-refractivity contribution in [3.05, 3.63) is 11.9 Å². The van der Waals surface area contributed by atoms with Gasteiger partial charge in [0.25, 0.3) is 5.92 Å². The predicted molar refractivity (Wildman–Crippen MR) is 47.9 cm³/mol. The molecular formula is C7H8F2N3O2S-. The molecule has 2 rings (SSSR count). The van der Waals surface area contributed by atoms with E-state index in [9.17, 15) is 17.5 Å². The number of aryl methyl sites for hydroxylation is 1. The summed E-state index contributed by atoms with van der Waals surface area (Å²) in [7, 11) is 0. The molecule has 1 N–H and O–H groups in total. The van der Waals surface area contributed by atoms with Gasteiger partial charge in [0.1, 0.15) is 5.69 Å². The molecule has 0 bridgehead atoms. The third-order valence-corrected chi connectivity index (χ3v) is 2.63. The maximum Gasteiger partial charge on any atom is 0.291 e. The molecule has 0 aliphatic carbocycles. The fourth-order valence-electron chi connectivity index (χ4n) is 1.67. The van der Waals surface area contributed by atoms with E-state index in [2.05, 4.69) is 5.10 Å². The Labute approximate surface area is 86.9 Å². The van der Waals surface area contributed by atoms with Crippen LogP contribution in [0.4, 0.5) is 14.5 Å². The highest BCUT2D eigenvalue weighted by atomic mass is 32.2. The van der Waals surface area contributed by atoms with Gasteiger partial charge in [-0.05, 0) is 6.42 Å². The third kappa shape index (κ3) is 1.86. The molecule has 8 heteroatoms. The van der Waals surface area contributed by atoms with Crippen molar-refractivity contribution in [2.45, 2.75) is 25.3 Å². The van der Waals surface area contributed by atoms with Crippen LogP contribution in [0, 0.1) is 0 Å². The van der Waals surface area contributed by atoms with Crippen LogP contribution in [-0.2, 0) is 23.7 Å². The normalized spacial score (nSPS) is 20.7. The number of halogens is 2. The highest BCUT2D eigenvalue weighted by Crippen LogP contribution is 2.40. The summed E-state index contributed by atoms with van der Waals surface area (Å²) in [5.74, 6) is -3.02. The molecule has 15 heavy (non-hydrogen) atoms. The lowest BCUT2D eigenvalue weighted by Crippen LogP contribution is -2.26. The second kappa shape index (κ2) is 3.53. The number of aromatic nitrogens is 2. The molecule has 1 aromatic heterocycles. The summed E-state index contributed by atoms with van der Waals surface area (Å²) >= 11 is -2.61. The van der Waals surface area contributed by atoms with Gasteiger partial charge in [-0.25, -0.2) is 0 Å². The molecular weight excluding hydrogens is 228 g/mol. The van der Waals surface area contributed by atoms with E-state index in [1.54, 1.807) is 0 Å². The van der Waals surface area contributed by atoms with E-state index in [0.717, 1.165) is 10.9 Å². The first-order valence-corrected chi connectivity index (χ1v) is 5.38. The quantitative estimate of drug-likeness (QED) is 0.778. The van der Waals surface area contributed by atoms with Crippen molar-refractivity contribution in [3.8, 4) is 0 Å². The van der Waals surface area contributed by atoms with Crippen molar-refractivity contribution >= 4 is 17.0 Å². The number of rotatable bonds is 2. The molecule has 0 aromatic carbocycles. The average molecular weight is 236 g/mol. The number of anilines is 1. The number of hydrogen-bond acceptors (Lipinski definition) is 3. The van der Waals surface area contributed by atoms with E-state index < -0.39 is 17.2 Å². The molecule has 5 nitrogen and oxygen atoms in total. The second-order valence-electron chi connectivity index (χ2n) is 3.27. The lowest BCUT2D eigenvalue weighted by molar-refractivity contribution is -0.0356. The van der Waals surface area contributed by atoms with E-state index in [1.807, 2.05) is 4.72 Å². The van der Waals surface area contributed by atoms with Gasteiger partial charge in [0.15, 0.2) is 0 Å². The molecule has 0 saturated carbocycles. The number of fused-ring (bicyclic) bond motifs is 1. The fourth-order valence-corrected chi connectivity index (χ4v) is 2.00. The molecule has 0 fully saturated rings. The molecule has 2 heterocycles. The van der Waals surface area contributed by atoms with Crippen molar-refractivity contribution in [1.82, 2.24) is 9.78 Å². The third-order valence-electron chi connectivity index (χ3n) is 2.24. The molecule has 0 amide bonds. The topological polar surface area (TPSA) is 70.0 Å². The van der Waals surface area contributed by atoms with Gasteiger partial charge in [0.05, 0.1) is 11.9 Å². The first-order chi connectivity index (χ1) is 7.00. The summed E-state index contributed by atoms with van der Waals surface area (Å²) in [6.45, 7) is 0.387. The van der Waals surface area contributed by atoms with Crippen LogP contribution < -0.4 is 4.72 Å². The molecule has 1 aliphatic heterocycles. The molecule has 0 radical (unpaired) electrons. The minimum atomic E-state index is -3.02. The molecule has 1 aromatic rings. The number of alkyl halides is 2. The van der Waals surface area contributed by atoms with E-state index >= 15 is 0 Å². The Balaban J connectivity index is 2.42. The maximum absolute atomic E-state index is 13.4. The first kappa shape index (κ1) is 10.5. The van der Waals surface area contributed by atoms with Gasteiger partial charge in [-0.1, -0.05) is 0 Å². The van der Waals surface area contributed by atoms with Crippen molar-refractivity contribution in [2.24, 2.45) is 0 Å². The van der Waals surface area contributed by atoms with Crippen LogP contribution >= 0.6 is 0 Å². The zero-order valence-corrected chi connectivity index (χ0v) is 8.39. The number of nitrogens with zero attached hydrogens (tertiary/aromatic N) is 2. The van der Waals surface area contributed by atoms with Crippen LogP contribution in [0.3, 0.4) is 0 Å². The summed E-state index contributed by atoms with van der Waals surface area (Å²) < 4.78 is 50.7. The van der Waals surface area contributed by atoms with Gasteiger partial charge in [0.2, 0.25) is 0 Å². The Kier molecular flexibility index (Phi) is 2.47. The molecule has 1 aliphatic rings. The van der Waals surface area contributed by atoms with Crippen LogP contribution in [0.1, 0.15) is 18.5 Å². The van der Waals surface area contributed by atoms with Crippen LogP contribution in [0.2, 0.25) is 0 Å². The summed E-state index contributed by atoms with van der Waals surface area (Å²) in [6, 6.07) is 0. The van der Waals surface area contributed by atoms with Crippen LogP contribution in [0.5, 0.6) is 0 Å². The number of nitrogens with one attached hydrogen (secondary N) is 1. The summed E-state index contributed by atoms with van der Waals surface area (Å²) in [6.07, 6.45) is 1.16. The standard InChI is InChI=1S/C7H9F2N3O2S/c8-7(9)2-1-3-12-6(7)5(4-10-12)11-15(13)14/h4,11H,1-3H2,(H,13,14)/p-1. The van der Waals surface area contributed by atoms with Gasteiger partial charge < -0.3 is 9.27 Å². The highest BCUT2D eigenvalue weighted by Gasteiger charge is 2.40. The van der Waals surface area contributed by atoms with Crippen molar-refractivity contribution in [3.63, 3.8) is 0 Å². The summed E-state index contributed by atoms with van der Waals surface area (Å²) in [4.78, 5) is 0. The lowest BCUT2D eigenvalue weighted by Gasteiger charge is -2.24. The Morgan fingerprint density at radius 1 is 1.67 bits per heavy atom. The second-order valence-corrected chi connectivity index (χ2v) is 3.95. The summed E-state index contributed by atoms with van der Waals surface area (Å²) in [5, 5.41) is 3.71. The van der Waals surface area contributed by atoms with Gasteiger partial charge in [0, 0.05) is 24.2 Å². The van der Waals surface area contributed by atoms with Gasteiger partial charge in [-0.3, -0.25) is 8.89 Å². The van der Waals surface area contributed by atoms with E-state index in [-0.39, 0.29) is 17.8 Å².